The van der Waals surface area contributed by atoms with E-state index in [-0.39, 0.29) is 37.7 Å². The van der Waals surface area contributed by atoms with Crippen LogP contribution < -0.4 is 9.62 Å². The molecule has 7 nitrogen and oxygen atoms in total. The predicted molar refractivity (Wildman–Crippen MR) is 152 cm³/mol. The number of nitrogens with one attached hydrogen (secondary N) is 1. The second-order valence-corrected chi connectivity index (χ2v) is 12.8. The number of amides is 2. The standard InChI is InChI=1S/C27H37Cl2N3O4S/c1-7-20-13-15-21(16-14-20)32(37(6,35)36)17-9-12-25(33)31(19(2)26(34)30-27(3,4)5)18-22-23(28)10-8-11-24(22)29/h8,10-11,13-16,19H,7,9,12,17-18H2,1-6H3,(H,30,34)/t19-/m1/s1. The minimum atomic E-state index is -3.56. The minimum absolute atomic E-state index is 0.0360. The van der Waals surface area contributed by atoms with Gasteiger partial charge in [-0.15, -0.1) is 0 Å². The number of rotatable bonds is 11. The molecule has 0 unspecified atom stereocenters. The molecule has 2 rings (SSSR count). The van der Waals surface area contributed by atoms with Crippen LogP contribution in [0.25, 0.3) is 0 Å². The topological polar surface area (TPSA) is 86.8 Å². The van der Waals surface area contributed by atoms with Gasteiger partial charge in [0.25, 0.3) is 0 Å². The fraction of sp³-hybridized carbons (Fsp3) is 0.481. The lowest BCUT2D eigenvalue weighted by atomic mass is 10.1. The number of halogens is 2. The van der Waals surface area contributed by atoms with Gasteiger partial charge < -0.3 is 10.2 Å². The summed E-state index contributed by atoms with van der Waals surface area (Å²) in [6.07, 6.45) is 2.29. The first-order valence-electron chi connectivity index (χ1n) is 12.2. The number of hydrogen-bond donors (Lipinski definition) is 1. The van der Waals surface area contributed by atoms with Crippen LogP contribution in [0.1, 0.15) is 58.6 Å². The number of hydrogen-bond acceptors (Lipinski definition) is 4. The van der Waals surface area contributed by atoms with Crippen molar-refractivity contribution >= 4 is 50.7 Å². The SMILES string of the molecule is CCc1ccc(N(CCCC(=O)N(Cc2c(Cl)cccc2Cl)[C@H](C)C(=O)NC(C)(C)C)S(C)(=O)=O)cc1. The monoisotopic (exact) mass is 569 g/mol. The molecule has 0 aromatic heterocycles. The molecule has 0 aliphatic heterocycles. The quantitative estimate of drug-likeness (QED) is 0.390. The van der Waals surface area contributed by atoms with Crippen molar-refractivity contribution in [3.05, 3.63) is 63.6 Å². The summed E-state index contributed by atoms with van der Waals surface area (Å²) in [6.45, 7) is 9.44. The van der Waals surface area contributed by atoms with Gasteiger partial charge in [0.05, 0.1) is 11.9 Å². The van der Waals surface area contributed by atoms with E-state index in [0.717, 1.165) is 18.2 Å². The third-order valence-corrected chi connectivity index (χ3v) is 7.74. The number of aryl methyl sites for hydroxylation is 1. The lowest BCUT2D eigenvalue weighted by Gasteiger charge is -2.32. The van der Waals surface area contributed by atoms with Crippen LogP contribution in [0.15, 0.2) is 42.5 Å². The maximum absolute atomic E-state index is 13.4. The number of carbonyl (C=O) groups is 2. The van der Waals surface area contributed by atoms with Crippen molar-refractivity contribution in [1.29, 1.82) is 0 Å². The van der Waals surface area contributed by atoms with Gasteiger partial charge in [-0.3, -0.25) is 13.9 Å². The van der Waals surface area contributed by atoms with Crippen LogP contribution in [0.3, 0.4) is 0 Å². The second kappa shape index (κ2) is 13.0. The maximum Gasteiger partial charge on any atom is 0.242 e. The van der Waals surface area contributed by atoms with Gasteiger partial charge in [0.15, 0.2) is 0 Å². The lowest BCUT2D eigenvalue weighted by Crippen LogP contribution is -2.52. The third kappa shape index (κ3) is 9.20. The van der Waals surface area contributed by atoms with Gasteiger partial charge >= 0.3 is 0 Å². The average molecular weight is 571 g/mol. The van der Waals surface area contributed by atoms with Crippen molar-refractivity contribution in [3.8, 4) is 0 Å². The highest BCUT2D eigenvalue weighted by molar-refractivity contribution is 7.92. The molecule has 0 aliphatic rings. The molecule has 1 atom stereocenters. The van der Waals surface area contributed by atoms with Crippen LogP contribution >= 0.6 is 23.2 Å². The molecule has 2 amide bonds. The van der Waals surface area contributed by atoms with Crippen molar-refractivity contribution in [1.82, 2.24) is 10.2 Å². The first-order valence-corrected chi connectivity index (χ1v) is 14.9. The Bertz CT molecular complexity index is 1170. The fourth-order valence-corrected chi connectivity index (χ4v) is 5.29. The molecule has 0 saturated carbocycles. The van der Waals surface area contributed by atoms with E-state index in [9.17, 15) is 18.0 Å². The van der Waals surface area contributed by atoms with Crippen molar-refractivity contribution in [2.75, 3.05) is 17.1 Å². The van der Waals surface area contributed by atoms with Crippen molar-refractivity contribution < 1.29 is 18.0 Å². The summed E-state index contributed by atoms with van der Waals surface area (Å²) in [5.41, 5.74) is 1.71. The predicted octanol–water partition coefficient (Wildman–Crippen LogP) is 5.43. The van der Waals surface area contributed by atoms with E-state index < -0.39 is 21.6 Å². The molecule has 2 aromatic rings. The number of anilines is 1. The Morgan fingerprint density at radius 1 is 1.03 bits per heavy atom. The van der Waals surface area contributed by atoms with Gasteiger partial charge in [-0.25, -0.2) is 8.42 Å². The molecule has 0 spiro atoms. The van der Waals surface area contributed by atoms with Crippen LogP contribution in [-0.4, -0.2) is 49.5 Å². The molecule has 0 saturated heterocycles. The van der Waals surface area contributed by atoms with E-state index in [2.05, 4.69) is 5.32 Å². The molecule has 0 radical (unpaired) electrons. The van der Waals surface area contributed by atoms with E-state index in [4.69, 9.17) is 23.2 Å². The van der Waals surface area contributed by atoms with Gasteiger partial charge in [-0.1, -0.05) is 48.3 Å². The van der Waals surface area contributed by atoms with E-state index in [1.807, 2.05) is 39.8 Å². The Labute approximate surface area is 231 Å². The highest BCUT2D eigenvalue weighted by Gasteiger charge is 2.29. The van der Waals surface area contributed by atoms with Crippen LogP contribution in [0.4, 0.5) is 5.69 Å². The Morgan fingerprint density at radius 2 is 1.59 bits per heavy atom. The normalized spacial score (nSPS) is 12.6. The maximum atomic E-state index is 13.4. The van der Waals surface area contributed by atoms with Gasteiger partial charge in [-0.2, -0.15) is 0 Å². The molecule has 0 fully saturated rings. The number of nitrogens with zero attached hydrogens (tertiary/aromatic N) is 2. The van der Waals surface area contributed by atoms with Crippen LogP contribution in [0.5, 0.6) is 0 Å². The lowest BCUT2D eigenvalue weighted by molar-refractivity contribution is -0.141. The second-order valence-electron chi connectivity index (χ2n) is 10.1. The molecule has 0 aliphatic carbocycles. The Kier molecular flexibility index (Phi) is 10.9. The zero-order valence-electron chi connectivity index (χ0n) is 22.3. The minimum Gasteiger partial charge on any atom is -0.350 e. The Hall–Kier alpha value is -2.29. The summed E-state index contributed by atoms with van der Waals surface area (Å²) in [7, 11) is -3.56. The molecular formula is C27H37Cl2N3O4S. The number of benzene rings is 2. The van der Waals surface area contributed by atoms with E-state index >= 15 is 0 Å². The Morgan fingerprint density at radius 3 is 2.08 bits per heavy atom. The number of carbonyl (C=O) groups excluding carboxylic acids is 2. The van der Waals surface area contributed by atoms with Crippen LogP contribution in [0.2, 0.25) is 10.0 Å². The summed E-state index contributed by atoms with van der Waals surface area (Å²) < 4.78 is 26.3. The average Bonchev–Trinajstić information content (AvgIpc) is 2.79. The molecule has 37 heavy (non-hydrogen) atoms. The largest absolute Gasteiger partial charge is 0.350 e. The van der Waals surface area contributed by atoms with E-state index in [1.165, 1.54) is 9.21 Å². The summed E-state index contributed by atoms with van der Waals surface area (Å²) in [4.78, 5) is 27.8. The summed E-state index contributed by atoms with van der Waals surface area (Å²) in [5, 5.41) is 3.70. The van der Waals surface area contributed by atoms with Gasteiger partial charge in [0.1, 0.15) is 6.04 Å². The highest BCUT2D eigenvalue weighted by atomic mass is 35.5. The number of sulfonamides is 1. The first kappa shape index (κ1) is 30.9. The molecule has 1 N–H and O–H groups in total. The molecule has 10 heteroatoms. The third-order valence-electron chi connectivity index (χ3n) is 5.84. The van der Waals surface area contributed by atoms with Gasteiger partial charge in [0, 0.05) is 40.7 Å². The van der Waals surface area contributed by atoms with Crippen molar-refractivity contribution in [2.45, 2.75) is 72.0 Å². The molecule has 2 aromatic carbocycles. The van der Waals surface area contributed by atoms with Gasteiger partial charge in [-0.05, 0) is 70.4 Å². The van der Waals surface area contributed by atoms with Gasteiger partial charge in [0.2, 0.25) is 21.8 Å². The van der Waals surface area contributed by atoms with Crippen molar-refractivity contribution in [2.24, 2.45) is 0 Å². The molecule has 0 heterocycles. The summed E-state index contributed by atoms with van der Waals surface area (Å²) >= 11 is 12.7. The fourth-order valence-electron chi connectivity index (χ4n) is 3.81. The van der Waals surface area contributed by atoms with Crippen LogP contribution in [0, 0.1) is 0 Å². The smallest absolute Gasteiger partial charge is 0.242 e. The first-order chi connectivity index (χ1) is 17.1. The van der Waals surface area contributed by atoms with Crippen LogP contribution in [-0.2, 0) is 32.6 Å². The zero-order chi connectivity index (χ0) is 28.0. The molecule has 0 bridgehead atoms. The summed E-state index contributed by atoms with van der Waals surface area (Å²) in [5.74, 6) is -0.611. The highest BCUT2D eigenvalue weighted by Crippen LogP contribution is 2.27. The molecule has 204 valence electrons. The Balaban J connectivity index is 2.24. The van der Waals surface area contributed by atoms with E-state index in [0.29, 0.717) is 21.3 Å². The van der Waals surface area contributed by atoms with Crippen molar-refractivity contribution in [3.63, 3.8) is 0 Å². The zero-order valence-corrected chi connectivity index (χ0v) is 24.7. The summed E-state index contributed by atoms with van der Waals surface area (Å²) in [6, 6.07) is 11.6. The molecular weight excluding hydrogens is 533 g/mol. The van der Waals surface area contributed by atoms with E-state index in [1.54, 1.807) is 37.3 Å².